The molecule has 140 valence electrons. The third-order valence-electron chi connectivity index (χ3n) is 4.39. The fraction of sp³-hybridized carbons (Fsp3) is 0.389. The van der Waals surface area contributed by atoms with Crippen LogP contribution in [0.3, 0.4) is 0 Å². The van der Waals surface area contributed by atoms with Gasteiger partial charge in [-0.05, 0) is 25.0 Å². The average Bonchev–Trinajstić information content (AvgIpc) is 2.65. The number of carbonyl (C=O) groups is 2. The molecule has 7 nitrogen and oxygen atoms in total. The first-order valence-electron chi connectivity index (χ1n) is 8.40. The van der Waals surface area contributed by atoms with Gasteiger partial charge < -0.3 is 20.4 Å². The summed E-state index contributed by atoms with van der Waals surface area (Å²) in [5.74, 6) is -0.777. The van der Waals surface area contributed by atoms with Gasteiger partial charge in [-0.25, -0.2) is 4.79 Å². The molecule has 1 aromatic heterocycles. The monoisotopic (exact) mass is 379 g/mol. The Bertz CT molecular complexity index is 852. The molecule has 26 heavy (non-hydrogen) atoms. The molecule has 1 aliphatic heterocycles. The SMILES string of the molecule is Cl.NCCNC(=O)C1CCCN(C(=O)c2cc3ccccc3oc2=O)C1. The summed E-state index contributed by atoms with van der Waals surface area (Å²) in [6.07, 6.45) is 1.43. The lowest BCUT2D eigenvalue weighted by atomic mass is 9.96. The van der Waals surface area contributed by atoms with Crippen molar-refractivity contribution < 1.29 is 14.0 Å². The van der Waals surface area contributed by atoms with Gasteiger partial charge in [0.2, 0.25) is 5.91 Å². The van der Waals surface area contributed by atoms with Crippen LogP contribution >= 0.6 is 12.4 Å². The molecule has 1 aromatic carbocycles. The predicted molar refractivity (Wildman–Crippen MR) is 100 cm³/mol. The van der Waals surface area contributed by atoms with Crippen molar-refractivity contribution in [2.45, 2.75) is 12.8 Å². The molecule has 0 aliphatic carbocycles. The van der Waals surface area contributed by atoms with Gasteiger partial charge >= 0.3 is 5.63 Å². The molecule has 3 rings (SSSR count). The van der Waals surface area contributed by atoms with E-state index in [0.29, 0.717) is 50.0 Å². The fourth-order valence-electron chi connectivity index (χ4n) is 3.10. The number of benzene rings is 1. The second-order valence-electron chi connectivity index (χ2n) is 6.16. The Hall–Kier alpha value is -2.38. The van der Waals surface area contributed by atoms with E-state index in [1.54, 1.807) is 29.2 Å². The van der Waals surface area contributed by atoms with Crippen molar-refractivity contribution in [1.82, 2.24) is 10.2 Å². The minimum absolute atomic E-state index is 0. The summed E-state index contributed by atoms with van der Waals surface area (Å²) in [5.41, 5.74) is 5.19. The van der Waals surface area contributed by atoms with Crippen molar-refractivity contribution in [3.63, 3.8) is 0 Å². The molecular weight excluding hydrogens is 358 g/mol. The number of nitrogens with zero attached hydrogens (tertiary/aromatic N) is 1. The van der Waals surface area contributed by atoms with Gasteiger partial charge in [0.25, 0.3) is 5.91 Å². The van der Waals surface area contributed by atoms with Crippen LogP contribution in [0, 0.1) is 5.92 Å². The topological polar surface area (TPSA) is 106 Å². The summed E-state index contributed by atoms with van der Waals surface area (Å²) in [4.78, 5) is 38.6. The highest BCUT2D eigenvalue weighted by Crippen LogP contribution is 2.19. The van der Waals surface area contributed by atoms with E-state index >= 15 is 0 Å². The molecule has 3 N–H and O–H groups in total. The molecule has 1 fully saturated rings. The van der Waals surface area contributed by atoms with Crippen LogP contribution in [-0.2, 0) is 4.79 Å². The standard InChI is InChI=1S/C18H21N3O4.ClH/c19-7-8-20-16(22)13-5-3-9-21(11-13)17(23)14-10-12-4-1-2-6-15(12)25-18(14)24;/h1-2,4,6,10,13H,3,5,7-9,11,19H2,(H,20,22);1H. The number of nitrogens with two attached hydrogens (primary N) is 1. The van der Waals surface area contributed by atoms with E-state index in [1.807, 2.05) is 6.07 Å². The molecule has 0 saturated carbocycles. The van der Waals surface area contributed by atoms with E-state index in [2.05, 4.69) is 5.32 Å². The summed E-state index contributed by atoms with van der Waals surface area (Å²) in [6, 6.07) is 8.61. The number of fused-ring (bicyclic) bond motifs is 1. The smallest absolute Gasteiger partial charge is 0.349 e. The first kappa shape index (κ1) is 19.9. The van der Waals surface area contributed by atoms with Gasteiger partial charge in [0.1, 0.15) is 11.1 Å². The maximum atomic E-state index is 12.8. The van der Waals surface area contributed by atoms with Crippen LogP contribution in [0.25, 0.3) is 11.0 Å². The van der Waals surface area contributed by atoms with Gasteiger partial charge in [0.05, 0.1) is 5.92 Å². The molecule has 2 heterocycles. The van der Waals surface area contributed by atoms with Gasteiger partial charge in [-0.15, -0.1) is 12.4 Å². The van der Waals surface area contributed by atoms with Crippen molar-refractivity contribution in [1.29, 1.82) is 0 Å². The van der Waals surface area contributed by atoms with Gasteiger partial charge in [-0.2, -0.15) is 0 Å². The fourth-order valence-corrected chi connectivity index (χ4v) is 3.10. The van der Waals surface area contributed by atoms with Gasteiger partial charge in [-0.3, -0.25) is 9.59 Å². The summed E-state index contributed by atoms with van der Waals surface area (Å²) >= 11 is 0. The number of piperidine rings is 1. The largest absolute Gasteiger partial charge is 0.422 e. The van der Waals surface area contributed by atoms with Crippen LogP contribution in [0.5, 0.6) is 0 Å². The normalized spacial score (nSPS) is 16.8. The quantitative estimate of drug-likeness (QED) is 0.775. The number of halogens is 1. The zero-order valence-corrected chi connectivity index (χ0v) is 15.1. The lowest BCUT2D eigenvalue weighted by molar-refractivity contribution is -0.126. The van der Waals surface area contributed by atoms with E-state index in [-0.39, 0.29) is 29.8 Å². The number of hydrogen-bond acceptors (Lipinski definition) is 5. The van der Waals surface area contributed by atoms with Crippen molar-refractivity contribution in [3.8, 4) is 0 Å². The minimum atomic E-state index is -0.654. The summed E-state index contributed by atoms with van der Waals surface area (Å²) in [7, 11) is 0. The lowest BCUT2D eigenvalue weighted by Gasteiger charge is -2.31. The molecule has 0 radical (unpaired) electrons. The first-order chi connectivity index (χ1) is 12.1. The van der Waals surface area contributed by atoms with E-state index in [0.717, 1.165) is 0 Å². The summed E-state index contributed by atoms with van der Waals surface area (Å²) in [6.45, 7) is 1.60. The highest BCUT2D eigenvalue weighted by Gasteiger charge is 2.30. The van der Waals surface area contributed by atoms with Crippen molar-refractivity contribution >= 4 is 35.2 Å². The molecular formula is C18H22ClN3O4. The Kier molecular flexibility index (Phi) is 6.76. The van der Waals surface area contributed by atoms with Gasteiger partial charge in [-0.1, -0.05) is 18.2 Å². The predicted octanol–water partition coefficient (Wildman–Crippen LogP) is 1.14. The van der Waals surface area contributed by atoms with Gasteiger partial charge in [0, 0.05) is 31.6 Å². The molecule has 8 heteroatoms. The van der Waals surface area contributed by atoms with Crippen LogP contribution in [0.2, 0.25) is 0 Å². The molecule has 0 bridgehead atoms. The first-order valence-corrected chi connectivity index (χ1v) is 8.40. The maximum Gasteiger partial charge on any atom is 0.349 e. The minimum Gasteiger partial charge on any atom is -0.422 e. The van der Waals surface area contributed by atoms with E-state index in [9.17, 15) is 14.4 Å². The molecule has 1 unspecified atom stereocenters. The Balaban J connectivity index is 0.00000243. The van der Waals surface area contributed by atoms with Crippen LogP contribution in [0.1, 0.15) is 23.2 Å². The lowest BCUT2D eigenvalue weighted by Crippen LogP contribution is -2.46. The summed E-state index contributed by atoms with van der Waals surface area (Å²) < 4.78 is 5.24. The van der Waals surface area contributed by atoms with E-state index in [4.69, 9.17) is 10.2 Å². The Morgan fingerprint density at radius 2 is 2.08 bits per heavy atom. The van der Waals surface area contributed by atoms with Crippen LogP contribution in [-0.4, -0.2) is 42.9 Å². The second-order valence-corrected chi connectivity index (χ2v) is 6.16. The van der Waals surface area contributed by atoms with Crippen LogP contribution < -0.4 is 16.7 Å². The number of hydrogen-bond donors (Lipinski definition) is 2. The highest BCUT2D eigenvalue weighted by molar-refractivity contribution is 5.97. The zero-order valence-electron chi connectivity index (χ0n) is 14.3. The third kappa shape index (κ3) is 4.23. The zero-order chi connectivity index (χ0) is 17.8. The van der Waals surface area contributed by atoms with E-state index in [1.165, 1.54) is 0 Å². The highest BCUT2D eigenvalue weighted by atomic mass is 35.5. The van der Waals surface area contributed by atoms with Crippen LogP contribution in [0.4, 0.5) is 0 Å². The second kappa shape index (κ2) is 8.82. The number of para-hydroxylation sites is 1. The molecule has 1 aliphatic rings. The molecule has 0 spiro atoms. The number of carbonyl (C=O) groups excluding carboxylic acids is 2. The number of nitrogens with one attached hydrogen (secondary N) is 1. The number of rotatable bonds is 4. The third-order valence-corrected chi connectivity index (χ3v) is 4.39. The molecule has 1 saturated heterocycles. The van der Waals surface area contributed by atoms with Crippen molar-refractivity contribution in [2.24, 2.45) is 11.7 Å². The van der Waals surface area contributed by atoms with E-state index < -0.39 is 11.5 Å². The number of likely N-dealkylation sites (tertiary alicyclic amines) is 1. The van der Waals surface area contributed by atoms with Gasteiger partial charge in [0.15, 0.2) is 0 Å². The van der Waals surface area contributed by atoms with Crippen molar-refractivity contribution in [2.75, 3.05) is 26.2 Å². The number of amides is 2. The maximum absolute atomic E-state index is 12.8. The molecule has 2 aromatic rings. The molecule has 1 atom stereocenters. The summed E-state index contributed by atoms with van der Waals surface area (Å²) in [5, 5.41) is 3.45. The Morgan fingerprint density at radius 3 is 2.85 bits per heavy atom. The Labute approximate surface area is 156 Å². The molecule has 2 amide bonds. The van der Waals surface area contributed by atoms with Crippen molar-refractivity contribution in [3.05, 3.63) is 46.3 Å². The average molecular weight is 380 g/mol. The van der Waals surface area contributed by atoms with Crippen LogP contribution in [0.15, 0.2) is 39.5 Å². The Morgan fingerprint density at radius 1 is 1.31 bits per heavy atom.